The van der Waals surface area contributed by atoms with E-state index in [1.54, 1.807) is 4.90 Å². The molecule has 2 N–H and O–H groups in total. The fourth-order valence-electron chi connectivity index (χ4n) is 7.31. The number of ether oxygens (including phenoxy) is 1. The lowest BCUT2D eigenvalue weighted by molar-refractivity contribution is 0.00578. The van der Waals surface area contributed by atoms with E-state index in [1.807, 2.05) is 6.07 Å². The Bertz CT molecular complexity index is 1790. The molecule has 3 aliphatic heterocycles. The van der Waals surface area contributed by atoms with Gasteiger partial charge >= 0.3 is 13.2 Å². The van der Waals surface area contributed by atoms with Crippen molar-refractivity contribution < 1.29 is 23.9 Å². The molecule has 43 heavy (non-hydrogen) atoms. The van der Waals surface area contributed by atoms with Gasteiger partial charge in [-0.1, -0.05) is 52.0 Å². The molecule has 1 amide bonds. The monoisotopic (exact) mass is 581 g/mol. The number of H-pyrrole nitrogens is 1. The summed E-state index contributed by atoms with van der Waals surface area (Å²) in [6.45, 7) is 17.6. The predicted octanol–water partition coefficient (Wildman–Crippen LogP) is 6.84. The number of hydrogen-bond donors (Lipinski definition) is 2. The minimum Gasteiger partial charge on any atom is -0.488 e. The molecule has 0 aliphatic carbocycles. The number of rotatable bonds is 2. The Labute approximate surface area is 252 Å². The minimum atomic E-state index is -0.910. The number of amides is 1. The Morgan fingerprint density at radius 3 is 2.44 bits per heavy atom. The van der Waals surface area contributed by atoms with Gasteiger partial charge in [-0.3, -0.25) is 4.90 Å². The second-order valence-corrected chi connectivity index (χ2v) is 14.7. The first kappa shape index (κ1) is 28.2. The van der Waals surface area contributed by atoms with E-state index in [-0.39, 0.29) is 11.3 Å². The highest BCUT2D eigenvalue weighted by Gasteiger charge is 2.57. The fraction of sp³-hybridized carbons (Fsp3) is 0.471. The Balaban J connectivity index is 1.30. The maximum Gasteiger partial charge on any atom is 0.494 e. The van der Waals surface area contributed by atoms with Crippen LogP contribution in [0.5, 0.6) is 5.75 Å². The van der Waals surface area contributed by atoms with E-state index >= 15 is 0 Å². The van der Waals surface area contributed by atoms with Crippen molar-refractivity contribution >= 4 is 40.5 Å². The molecule has 4 heterocycles. The van der Waals surface area contributed by atoms with E-state index < -0.39 is 30.0 Å². The standard InChI is InChI=1S/C34H40BN3O5/c1-19-16-34(31(2,3)4,38(17-19)30(39)40)29-36-26-12-9-20-14-25-23-11-10-22(35-42-32(5,6)33(7,8)43-35)13-21(23)18-41-27(25)15-24(20)28(26)37-29/h9-15,19H,16-18H2,1-8H3,(H,36,37)(H,39,40)/t19-,34+/m0/s1. The summed E-state index contributed by atoms with van der Waals surface area (Å²) in [6, 6.07) is 14.8. The summed E-state index contributed by atoms with van der Waals surface area (Å²) >= 11 is 0. The topological polar surface area (TPSA) is 96.9 Å². The minimum absolute atomic E-state index is 0.228. The zero-order chi connectivity index (χ0) is 30.7. The van der Waals surface area contributed by atoms with Gasteiger partial charge in [-0.25, -0.2) is 9.78 Å². The molecule has 2 fully saturated rings. The van der Waals surface area contributed by atoms with E-state index in [0.717, 1.165) is 49.7 Å². The van der Waals surface area contributed by atoms with Crippen LogP contribution in [0.25, 0.3) is 32.9 Å². The van der Waals surface area contributed by atoms with Crippen molar-refractivity contribution in [2.75, 3.05) is 6.54 Å². The summed E-state index contributed by atoms with van der Waals surface area (Å²) in [5, 5.41) is 12.3. The Morgan fingerprint density at radius 1 is 1.05 bits per heavy atom. The number of hydrogen-bond acceptors (Lipinski definition) is 5. The van der Waals surface area contributed by atoms with Crippen molar-refractivity contribution in [3.8, 4) is 16.9 Å². The highest BCUT2D eigenvalue weighted by molar-refractivity contribution is 6.62. The lowest BCUT2D eigenvalue weighted by atomic mass is 9.70. The molecule has 1 aromatic heterocycles. The number of nitrogens with one attached hydrogen (secondary N) is 1. The van der Waals surface area contributed by atoms with Crippen LogP contribution < -0.4 is 10.2 Å². The SMILES string of the molecule is C[C@@H]1CN(C(=O)O)[C@](c2nc3c(ccc4cc5c(cc43)OCc3cc(B4OC(C)(C)C(C)(C)O4)ccc3-5)[nH]2)(C(C)(C)C)C1. The second-order valence-electron chi connectivity index (χ2n) is 14.7. The summed E-state index contributed by atoms with van der Waals surface area (Å²) in [4.78, 5) is 22.8. The van der Waals surface area contributed by atoms with Gasteiger partial charge in [0, 0.05) is 17.5 Å². The van der Waals surface area contributed by atoms with Gasteiger partial charge in [0.1, 0.15) is 23.7 Å². The van der Waals surface area contributed by atoms with Gasteiger partial charge in [0.2, 0.25) is 0 Å². The third kappa shape index (κ3) is 4.04. The molecule has 224 valence electrons. The summed E-state index contributed by atoms with van der Waals surface area (Å²) in [5.74, 6) is 1.74. The van der Waals surface area contributed by atoms with Crippen molar-refractivity contribution in [1.29, 1.82) is 0 Å². The maximum absolute atomic E-state index is 12.5. The number of aromatic nitrogens is 2. The van der Waals surface area contributed by atoms with E-state index in [9.17, 15) is 9.90 Å². The zero-order valence-corrected chi connectivity index (χ0v) is 26.3. The van der Waals surface area contributed by atoms with Crippen LogP contribution >= 0.6 is 0 Å². The summed E-state index contributed by atoms with van der Waals surface area (Å²) < 4.78 is 18.9. The van der Waals surface area contributed by atoms with Gasteiger partial charge in [-0.05, 0) is 85.6 Å². The fourth-order valence-corrected chi connectivity index (χ4v) is 7.31. The van der Waals surface area contributed by atoms with Crippen molar-refractivity contribution in [3.63, 3.8) is 0 Å². The number of likely N-dealkylation sites (tertiary alicyclic amines) is 1. The number of nitrogens with zero attached hydrogens (tertiary/aromatic N) is 2. The van der Waals surface area contributed by atoms with Crippen molar-refractivity contribution in [3.05, 3.63) is 53.9 Å². The molecule has 4 aromatic rings. The molecule has 9 heteroatoms. The first-order chi connectivity index (χ1) is 20.1. The van der Waals surface area contributed by atoms with E-state index in [0.29, 0.717) is 25.4 Å². The normalized spacial score (nSPS) is 24.3. The van der Waals surface area contributed by atoms with Crippen LogP contribution in [0.2, 0.25) is 0 Å². The van der Waals surface area contributed by atoms with Crippen LogP contribution in [0.4, 0.5) is 4.79 Å². The van der Waals surface area contributed by atoms with Crippen molar-refractivity contribution in [1.82, 2.24) is 14.9 Å². The summed E-state index contributed by atoms with van der Waals surface area (Å²) in [7, 11) is -0.424. The number of carbonyl (C=O) groups is 1. The van der Waals surface area contributed by atoms with Crippen molar-refractivity contribution in [2.45, 2.75) is 85.2 Å². The molecule has 0 spiro atoms. The maximum atomic E-state index is 12.5. The smallest absolute Gasteiger partial charge is 0.488 e. The third-order valence-corrected chi connectivity index (χ3v) is 10.4. The lowest BCUT2D eigenvalue weighted by Gasteiger charge is -2.45. The lowest BCUT2D eigenvalue weighted by Crippen LogP contribution is -2.53. The van der Waals surface area contributed by atoms with Crippen LogP contribution in [0.1, 0.15) is 73.2 Å². The van der Waals surface area contributed by atoms with Gasteiger partial charge in [-0.2, -0.15) is 0 Å². The zero-order valence-electron chi connectivity index (χ0n) is 26.3. The van der Waals surface area contributed by atoms with E-state index in [2.05, 4.69) is 96.8 Å². The molecule has 3 aromatic carbocycles. The Hall–Kier alpha value is -3.56. The molecule has 0 bridgehead atoms. The first-order valence-electron chi connectivity index (χ1n) is 15.2. The number of carboxylic acid groups (broad SMARTS) is 1. The first-order valence-corrected chi connectivity index (χ1v) is 15.2. The summed E-state index contributed by atoms with van der Waals surface area (Å²) in [5.41, 5.74) is 4.04. The Kier molecular flexibility index (Phi) is 5.90. The number of imidazole rings is 1. The predicted molar refractivity (Wildman–Crippen MR) is 169 cm³/mol. The Morgan fingerprint density at radius 2 is 1.77 bits per heavy atom. The highest BCUT2D eigenvalue weighted by Crippen LogP contribution is 2.52. The van der Waals surface area contributed by atoms with Gasteiger partial charge in [0.05, 0.1) is 22.2 Å². The van der Waals surface area contributed by atoms with Crippen LogP contribution in [0.3, 0.4) is 0 Å². The summed E-state index contributed by atoms with van der Waals surface area (Å²) in [6.07, 6.45) is -0.198. The van der Waals surface area contributed by atoms with Crippen LogP contribution in [-0.4, -0.2) is 50.9 Å². The van der Waals surface area contributed by atoms with Gasteiger partial charge < -0.3 is 24.1 Å². The average molecular weight is 582 g/mol. The largest absolute Gasteiger partial charge is 0.494 e. The van der Waals surface area contributed by atoms with Gasteiger partial charge in [0.25, 0.3) is 0 Å². The van der Waals surface area contributed by atoms with Crippen LogP contribution in [0.15, 0.2) is 42.5 Å². The molecule has 7 rings (SSSR count). The average Bonchev–Trinajstić information content (AvgIpc) is 3.58. The van der Waals surface area contributed by atoms with Gasteiger partial charge in [-0.15, -0.1) is 0 Å². The molecule has 8 nitrogen and oxygen atoms in total. The molecular weight excluding hydrogens is 541 g/mol. The number of fused-ring (bicyclic) bond motifs is 6. The highest BCUT2D eigenvalue weighted by atomic mass is 16.7. The van der Waals surface area contributed by atoms with Crippen LogP contribution in [0, 0.1) is 11.3 Å². The van der Waals surface area contributed by atoms with Gasteiger partial charge in [0.15, 0.2) is 0 Å². The molecule has 0 radical (unpaired) electrons. The molecule has 0 unspecified atom stereocenters. The molecular formula is C34H40BN3O5. The molecule has 3 aliphatic rings. The molecule has 0 saturated carbocycles. The molecule has 2 atom stereocenters. The number of aromatic amines is 1. The van der Waals surface area contributed by atoms with Crippen molar-refractivity contribution in [2.24, 2.45) is 11.3 Å². The third-order valence-electron chi connectivity index (χ3n) is 10.4. The second kappa shape index (κ2) is 8.99. The van der Waals surface area contributed by atoms with Crippen LogP contribution in [-0.2, 0) is 21.5 Å². The molecule has 2 saturated heterocycles. The van der Waals surface area contributed by atoms with E-state index in [4.69, 9.17) is 19.0 Å². The number of benzene rings is 3. The van der Waals surface area contributed by atoms with E-state index in [1.165, 1.54) is 0 Å². The quantitative estimate of drug-likeness (QED) is 0.252.